The van der Waals surface area contributed by atoms with Crippen LogP contribution in [0.5, 0.6) is 0 Å². The van der Waals surface area contributed by atoms with Crippen LogP contribution in [0.15, 0.2) is 29.4 Å². The van der Waals surface area contributed by atoms with E-state index < -0.39 is 32.8 Å². The Hall–Kier alpha value is -1.76. The van der Waals surface area contributed by atoms with Gasteiger partial charge in [-0.15, -0.1) is 0 Å². The van der Waals surface area contributed by atoms with Crippen LogP contribution in [0.4, 0.5) is 4.39 Å². The summed E-state index contributed by atoms with van der Waals surface area (Å²) in [6.07, 6.45) is 0.131. The number of halogens is 1. The van der Waals surface area contributed by atoms with Crippen molar-refractivity contribution in [2.24, 2.45) is 5.16 Å². The summed E-state index contributed by atoms with van der Waals surface area (Å²) in [5.74, 6) is -1.78. The zero-order valence-electron chi connectivity index (χ0n) is 11.1. The highest BCUT2D eigenvalue weighted by molar-refractivity contribution is 8.07. The largest absolute Gasteiger partial charge is 0.389 e. The molecule has 1 aromatic rings. The van der Waals surface area contributed by atoms with Crippen molar-refractivity contribution in [1.29, 1.82) is 0 Å². The van der Waals surface area contributed by atoms with Gasteiger partial charge in [-0.1, -0.05) is 5.16 Å². The van der Waals surface area contributed by atoms with Crippen molar-refractivity contribution in [3.8, 4) is 0 Å². The number of carbonyl (C=O) groups is 1. The third-order valence-electron chi connectivity index (χ3n) is 2.82. The number of benzene rings is 1. The third kappa shape index (κ3) is 3.22. The van der Waals surface area contributed by atoms with Crippen LogP contribution in [0, 0.1) is 5.82 Å². The molecule has 0 bridgehead atoms. The first-order chi connectivity index (χ1) is 9.20. The molecule has 20 heavy (non-hydrogen) atoms. The smallest absolute Gasteiger partial charge is 0.202 e. The van der Waals surface area contributed by atoms with Crippen LogP contribution in [-0.2, 0) is 14.7 Å². The summed E-state index contributed by atoms with van der Waals surface area (Å²) in [6.45, 7) is 3.42. The van der Waals surface area contributed by atoms with Gasteiger partial charge in [0.2, 0.25) is 9.84 Å². The fourth-order valence-electron chi connectivity index (χ4n) is 1.74. The van der Waals surface area contributed by atoms with E-state index in [4.69, 9.17) is 4.84 Å². The summed E-state index contributed by atoms with van der Waals surface area (Å²) in [5, 5.41) is 3.41. The summed E-state index contributed by atoms with van der Waals surface area (Å²) in [5.41, 5.74) is -0.532. The van der Waals surface area contributed by atoms with E-state index in [1.165, 1.54) is 12.1 Å². The first kappa shape index (κ1) is 14.6. The molecule has 5 nitrogen and oxygen atoms in total. The lowest BCUT2D eigenvalue weighted by atomic mass is 10.1. The van der Waals surface area contributed by atoms with Gasteiger partial charge in [0.25, 0.3) is 0 Å². The van der Waals surface area contributed by atoms with Crippen LogP contribution in [0.1, 0.15) is 30.6 Å². The van der Waals surface area contributed by atoms with E-state index in [2.05, 4.69) is 5.16 Å². The highest BCUT2D eigenvalue weighted by Crippen LogP contribution is 2.25. The topological polar surface area (TPSA) is 72.8 Å². The van der Waals surface area contributed by atoms with Crippen LogP contribution in [-0.4, -0.2) is 30.6 Å². The van der Waals surface area contributed by atoms with Crippen LogP contribution in [0.2, 0.25) is 0 Å². The van der Waals surface area contributed by atoms with E-state index in [0.29, 0.717) is 0 Å². The van der Waals surface area contributed by atoms with Gasteiger partial charge in [-0.05, 0) is 38.1 Å². The first-order valence-corrected chi connectivity index (χ1v) is 7.61. The molecule has 0 unspecified atom stereocenters. The SMILES string of the molecule is CC1(C)CC(S(=O)(=O)CC(=O)c2ccc(F)cc2)=NO1. The number of sulfone groups is 1. The maximum absolute atomic E-state index is 12.8. The van der Waals surface area contributed by atoms with Crippen molar-refractivity contribution in [3.63, 3.8) is 0 Å². The van der Waals surface area contributed by atoms with Gasteiger partial charge in [-0.3, -0.25) is 4.79 Å². The number of Topliss-reactive ketones (excluding diaryl/α,β-unsaturated/α-hetero) is 1. The van der Waals surface area contributed by atoms with Crippen molar-refractivity contribution in [3.05, 3.63) is 35.6 Å². The van der Waals surface area contributed by atoms with Gasteiger partial charge in [-0.25, -0.2) is 12.8 Å². The van der Waals surface area contributed by atoms with Gasteiger partial charge in [0.15, 0.2) is 10.8 Å². The Morgan fingerprint density at radius 3 is 2.45 bits per heavy atom. The molecule has 0 fully saturated rings. The Morgan fingerprint density at radius 2 is 1.95 bits per heavy atom. The van der Waals surface area contributed by atoms with Gasteiger partial charge < -0.3 is 4.84 Å². The molecule has 0 saturated carbocycles. The molecule has 0 amide bonds. The minimum absolute atomic E-state index is 0.127. The zero-order chi connectivity index (χ0) is 15.0. The van der Waals surface area contributed by atoms with Crippen molar-refractivity contribution in [1.82, 2.24) is 0 Å². The van der Waals surface area contributed by atoms with Crippen molar-refractivity contribution < 1.29 is 22.4 Å². The van der Waals surface area contributed by atoms with Gasteiger partial charge >= 0.3 is 0 Å². The number of oxime groups is 1. The van der Waals surface area contributed by atoms with Crippen LogP contribution >= 0.6 is 0 Å². The summed E-state index contributed by atoms with van der Waals surface area (Å²) in [7, 11) is -3.81. The molecule has 1 aliphatic heterocycles. The van der Waals surface area contributed by atoms with Crippen molar-refractivity contribution in [2.75, 3.05) is 5.75 Å². The van der Waals surface area contributed by atoms with E-state index in [9.17, 15) is 17.6 Å². The lowest BCUT2D eigenvalue weighted by Gasteiger charge is -2.13. The zero-order valence-corrected chi connectivity index (χ0v) is 11.9. The quantitative estimate of drug-likeness (QED) is 0.799. The third-order valence-corrected chi connectivity index (χ3v) is 4.40. The predicted molar refractivity (Wildman–Crippen MR) is 71.7 cm³/mol. The molecule has 108 valence electrons. The summed E-state index contributed by atoms with van der Waals surface area (Å²) >= 11 is 0. The molecule has 0 saturated heterocycles. The molecule has 0 aromatic heterocycles. The number of nitrogens with zero attached hydrogens (tertiary/aromatic N) is 1. The number of ketones is 1. The van der Waals surface area contributed by atoms with Gasteiger partial charge in [-0.2, -0.15) is 0 Å². The molecule has 2 rings (SSSR count). The van der Waals surface area contributed by atoms with Crippen molar-refractivity contribution in [2.45, 2.75) is 25.9 Å². The van der Waals surface area contributed by atoms with Gasteiger partial charge in [0.05, 0.1) is 0 Å². The second kappa shape index (κ2) is 4.97. The second-order valence-electron chi connectivity index (χ2n) is 5.20. The van der Waals surface area contributed by atoms with E-state index >= 15 is 0 Å². The molecule has 0 atom stereocenters. The number of rotatable bonds is 3. The molecular weight excluding hydrogens is 285 g/mol. The predicted octanol–water partition coefficient (Wildman–Crippen LogP) is 1.94. The number of carbonyl (C=O) groups excluding carboxylic acids is 1. The van der Waals surface area contributed by atoms with Crippen LogP contribution in [0.25, 0.3) is 0 Å². The Balaban J connectivity index is 2.13. The molecule has 0 spiro atoms. The minimum Gasteiger partial charge on any atom is -0.389 e. The second-order valence-corrected chi connectivity index (χ2v) is 7.19. The molecule has 1 aromatic carbocycles. The Kier molecular flexibility index (Phi) is 3.64. The molecule has 0 N–H and O–H groups in total. The maximum atomic E-state index is 12.8. The summed E-state index contributed by atoms with van der Waals surface area (Å²) in [4.78, 5) is 16.9. The van der Waals surface area contributed by atoms with Gasteiger partial charge in [0.1, 0.15) is 17.2 Å². The molecular formula is C13H14FNO4S. The fraction of sp³-hybridized carbons (Fsp3) is 0.385. The standard InChI is InChI=1S/C13H14FNO4S/c1-13(2)7-12(15-19-13)20(17,18)8-11(16)9-3-5-10(14)6-4-9/h3-6H,7-8H2,1-2H3. The lowest BCUT2D eigenvalue weighted by molar-refractivity contribution is 0.0123. The average molecular weight is 299 g/mol. The summed E-state index contributed by atoms with van der Waals surface area (Å²) < 4.78 is 36.9. The first-order valence-electron chi connectivity index (χ1n) is 5.96. The monoisotopic (exact) mass is 299 g/mol. The van der Waals surface area contributed by atoms with Gasteiger partial charge in [0, 0.05) is 12.0 Å². The van der Waals surface area contributed by atoms with Crippen LogP contribution < -0.4 is 0 Å². The molecule has 0 aliphatic carbocycles. The van der Waals surface area contributed by atoms with E-state index in [1.807, 2.05) is 0 Å². The number of hydrogen-bond donors (Lipinski definition) is 0. The molecule has 1 aliphatic rings. The fourth-order valence-corrected chi connectivity index (χ4v) is 3.14. The van der Waals surface area contributed by atoms with Crippen LogP contribution in [0.3, 0.4) is 0 Å². The maximum Gasteiger partial charge on any atom is 0.202 e. The highest BCUT2D eigenvalue weighted by Gasteiger charge is 2.36. The van der Waals surface area contributed by atoms with E-state index in [0.717, 1.165) is 12.1 Å². The molecule has 0 radical (unpaired) electrons. The highest BCUT2D eigenvalue weighted by atomic mass is 32.2. The molecule has 1 heterocycles. The normalized spacial score (nSPS) is 17.4. The van der Waals surface area contributed by atoms with E-state index in [-0.39, 0.29) is 17.0 Å². The Bertz CT molecular complexity index is 662. The minimum atomic E-state index is -3.81. The number of hydrogen-bond acceptors (Lipinski definition) is 5. The summed E-state index contributed by atoms with van der Waals surface area (Å²) in [6, 6.07) is 4.73. The molecule has 7 heteroatoms. The van der Waals surface area contributed by atoms with E-state index in [1.54, 1.807) is 13.8 Å². The Morgan fingerprint density at radius 1 is 1.35 bits per heavy atom. The lowest BCUT2D eigenvalue weighted by Crippen LogP contribution is -2.26. The Labute approximate surface area is 116 Å². The van der Waals surface area contributed by atoms with Crippen molar-refractivity contribution >= 4 is 20.7 Å². The average Bonchev–Trinajstić information content (AvgIpc) is 2.70.